The number of hydrogen-bond donors (Lipinski definition) is 2. The molecule has 1 aromatic carbocycles. The first kappa shape index (κ1) is 25.8. The molecule has 0 aliphatic carbocycles. The molecule has 3 heterocycles. The highest BCUT2D eigenvalue weighted by Gasteiger charge is 2.37. The van der Waals surface area contributed by atoms with E-state index in [0.717, 1.165) is 17.7 Å². The number of hydrogen-bond acceptors (Lipinski definition) is 6. The monoisotopic (exact) mass is 509 g/mol. The van der Waals surface area contributed by atoms with E-state index in [0.29, 0.717) is 37.0 Å². The van der Waals surface area contributed by atoms with Gasteiger partial charge in [0.15, 0.2) is 0 Å². The van der Waals surface area contributed by atoms with Crippen LogP contribution < -0.4 is 16.4 Å². The Kier molecular flexibility index (Phi) is 7.17. The van der Waals surface area contributed by atoms with E-state index >= 15 is 4.39 Å². The molecule has 0 amide bonds. The van der Waals surface area contributed by atoms with Crippen molar-refractivity contribution in [2.24, 2.45) is 5.73 Å². The summed E-state index contributed by atoms with van der Waals surface area (Å²) in [7, 11) is 0. The summed E-state index contributed by atoms with van der Waals surface area (Å²) >= 11 is 0. The highest BCUT2D eigenvalue weighted by atomic mass is 19.4. The fourth-order valence-corrected chi connectivity index (χ4v) is 4.68. The molecule has 0 saturated carbocycles. The Labute approximate surface area is 205 Å². The molecule has 0 spiro atoms. The van der Waals surface area contributed by atoms with Crippen molar-refractivity contribution in [2.45, 2.75) is 51.0 Å². The average Bonchev–Trinajstić information content (AvgIpc) is 3.22. The molecule has 2 atom stereocenters. The van der Waals surface area contributed by atoms with Crippen LogP contribution in [0.25, 0.3) is 11.3 Å². The second kappa shape index (κ2) is 10.00. The summed E-state index contributed by atoms with van der Waals surface area (Å²) in [4.78, 5) is 14.7. The topological polar surface area (TPSA) is 98.9 Å². The van der Waals surface area contributed by atoms with E-state index in [2.05, 4.69) is 15.0 Å². The Bertz CT molecular complexity index is 1220. The highest BCUT2D eigenvalue weighted by molar-refractivity contribution is 5.61. The molecule has 4 rings (SSSR count). The standard InChI is InChI=1S/C24H28F5N7/c1-13(2)20-21(31)32-12-33-23(20)35-7-5-15(18(26)10-35)22-34-19(11-36(22)8-6-30)14-3-4-17(25)16(9-14)24(27,28)29/h3-4,9,11-13,15,18H,5-8,10,30H2,1-2H3,(H2,31,32,33)/t15-,18+/m0/s1. The molecule has 1 saturated heterocycles. The zero-order valence-corrected chi connectivity index (χ0v) is 19.9. The number of piperidine rings is 1. The highest BCUT2D eigenvalue weighted by Crippen LogP contribution is 2.38. The first-order chi connectivity index (χ1) is 17.0. The number of rotatable bonds is 6. The van der Waals surface area contributed by atoms with Crippen molar-refractivity contribution < 1.29 is 22.0 Å². The molecule has 4 N–H and O–H groups in total. The predicted octanol–water partition coefficient (Wildman–Crippen LogP) is 4.49. The molecule has 3 aromatic rings. The van der Waals surface area contributed by atoms with E-state index in [1.807, 2.05) is 18.7 Å². The predicted molar refractivity (Wildman–Crippen MR) is 127 cm³/mol. The van der Waals surface area contributed by atoms with Gasteiger partial charge in [-0.1, -0.05) is 13.8 Å². The van der Waals surface area contributed by atoms with E-state index < -0.39 is 29.6 Å². The molecule has 1 fully saturated rings. The van der Waals surface area contributed by atoms with Crippen LogP contribution in [0, 0.1) is 5.82 Å². The van der Waals surface area contributed by atoms with Crippen molar-refractivity contribution >= 4 is 11.6 Å². The maximum absolute atomic E-state index is 15.6. The van der Waals surface area contributed by atoms with Crippen molar-refractivity contribution in [2.75, 3.05) is 30.3 Å². The molecular weight excluding hydrogens is 481 g/mol. The minimum atomic E-state index is -4.85. The number of nitrogens with zero attached hydrogens (tertiary/aromatic N) is 5. The molecule has 0 unspecified atom stereocenters. The first-order valence-electron chi connectivity index (χ1n) is 11.6. The van der Waals surface area contributed by atoms with Crippen molar-refractivity contribution in [3.05, 3.63) is 53.5 Å². The summed E-state index contributed by atoms with van der Waals surface area (Å²) in [5.74, 6) is -0.586. The maximum atomic E-state index is 15.6. The third-order valence-corrected chi connectivity index (χ3v) is 6.39. The lowest BCUT2D eigenvalue weighted by Crippen LogP contribution is -2.42. The summed E-state index contributed by atoms with van der Waals surface area (Å²) in [5.41, 5.74) is 11.4. The Hall–Kier alpha value is -3.28. The SMILES string of the molecule is CC(C)c1c(N)ncnc1N1CC[C@H](c2nc(-c3ccc(F)c(C(F)(F)F)c3)cn2CCN)[C@H](F)C1. The summed E-state index contributed by atoms with van der Waals surface area (Å²) in [6.45, 7) is 4.98. The molecule has 2 aromatic heterocycles. The Morgan fingerprint density at radius 2 is 1.94 bits per heavy atom. The second-order valence-corrected chi connectivity index (χ2v) is 9.17. The van der Waals surface area contributed by atoms with Crippen molar-refractivity contribution in [1.82, 2.24) is 19.5 Å². The van der Waals surface area contributed by atoms with Gasteiger partial charge in [-0.15, -0.1) is 0 Å². The molecule has 1 aliphatic heterocycles. The van der Waals surface area contributed by atoms with E-state index in [-0.39, 0.29) is 30.3 Å². The van der Waals surface area contributed by atoms with Crippen molar-refractivity contribution in [1.29, 1.82) is 0 Å². The number of alkyl halides is 4. The van der Waals surface area contributed by atoms with Gasteiger partial charge in [-0.2, -0.15) is 13.2 Å². The van der Waals surface area contributed by atoms with Crippen molar-refractivity contribution in [3.63, 3.8) is 0 Å². The van der Waals surface area contributed by atoms with Gasteiger partial charge < -0.3 is 20.9 Å². The lowest BCUT2D eigenvalue weighted by Gasteiger charge is -2.36. The third-order valence-electron chi connectivity index (χ3n) is 6.39. The first-order valence-corrected chi connectivity index (χ1v) is 11.6. The molecule has 0 bridgehead atoms. The number of nitrogens with two attached hydrogens (primary N) is 2. The smallest absolute Gasteiger partial charge is 0.383 e. The minimum absolute atomic E-state index is 0.0419. The fraction of sp³-hybridized carbons (Fsp3) is 0.458. The Balaban J connectivity index is 1.64. The second-order valence-electron chi connectivity index (χ2n) is 9.17. The molecule has 36 heavy (non-hydrogen) atoms. The molecule has 1 aliphatic rings. The van der Waals surface area contributed by atoms with Crippen LogP contribution in [-0.4, -0.2) is 45.3 Å². The lowest BCUT2D eigenvalue weighted by molar-refractivity contribution is -0.139. The fourth-order valence-electron chi connectivity index (χ4n) is 4.68. The van der Waals surface area contributed by atoms with Crippen LogP contribution in [0.2, 0.25) is 0 Å². The van der Waals surface area contributed by atoms with Gasteiger partial charge in [0.25, 0.3) is 0 Å². The lowest BCUT2D eigenvalue weighted by atomic mass is 9.93. The number of halogens is 5. The van der Waals surface area contributed by atoms with Gasteiger partial charge in [0.1, 0.15) is 35.8 Å². The van der Waals surface area contributed by atoms with Crippen molar-refractivity contribution in [3.8, 4) is 11.3 Å². The van der Waals surface area contributed by atoms with Crippen LogP contribution in [0.1, 0.15) is 49.1 Å². The van der Waals surface area contributed by atoms with Crippen LogP contribution in [0.5, 0.6) is 0 Å². The maximum Gasteiger partial charge on any atom is 0.419 e. The zero-order chi connectivity index (χ0) is 26.2. The molecule has 0 radical (unpaired) electrons. The normalized spacial score (nSPS) is 18.8. The average molecular weight is 510 g/mol. The van der Waals surface area contributed by atoms with Gasteiger partial charge in [0, 0.05) is 37.0 Å². The molecule has 194 valence electrons. The number of imidazole rings is 1. The van der Waals surface area contributed by atoms with Gasteiger partial charge in [0.2, 0.25) is 0 Å². The summed E-state index contributed by atoms with van der Waals surface area (Å²) in [6, 6.07) is 2.71. The van der Waals surface area contributed by atoms with Crippen LogP contribution in [-0.2, 0) is 12.7 Å². The van der Waals surface area contributed by atoms with Gasteiger partial charge in [-0.25, -0.2) is 23.7 Å². The summed E-state index contributed by atoms with van der Waals surface area (Å²) in [6.07, 6.45) is -2.90. The van der Waals surface area contributed by atoms with Gasteiger partial charge in [-0.05, 0) is 30.5 Å². The zero-order valence-electron chi connectivity index (χ0n) is 19.9. The van der Waals surface area contributed by atoms with E-state index in [1.54, 1.807) is 4.57 Å². The van der Waals surface area contributed by atoms with Crippen LogP contribution in [0.15, 0.2) is 30.7 Å². The van der Waals surface area contributed by atoms with Crippen LogP contribution in [0.4, 0.5) is 33.6 Å². The quantitative estimate of drug-likeness (QED) is 0.475. The van der Waals surface area contributed by atoms with Gasteiger partial charge in [0.05, 0.1) is 23.7 Å². The Morgan fingerprint density at radius 1 is 1.19 bits per heavy atom. The number of anilines is 2. The minimum Gasteiger partial charge on any atom is -0.383 e. The molecule has 12 heteroatoms. The van der Waals surface area contributed by atoms with Gasteiger partial charge in [-0.3, -0.25) is 0 Å². The van der Waals surface area contributed by atoms with Gasteiger partial charge >= 0.3 is 6.18 Å². The summed E-state index contributed by atoms with van der Waals surface area (Å²) in [5, 5.41) is 0. The Morgan fingerprint density at radius 3 is 2.58 bits per heavy atom. The van der Waals surface area contributed by atoms with E-state index in [9.17, 15) is 17.6 Å². The van der Waals surface area contributed by atoms with Crippen LogP contribution in [0.3, 0.4) is 0 Å². The molecule has 7 nitrogen and oxygen atoms in total. The number of benzene rings is 1. The summed E-state index contributed by atoms with van der Waals surface area (Å²) < 4.78 is 70.7. The number of nitrogen functional groups attached to an aromatic ring is 1. The van der Waals surface area contributed by atoms with E-state index in [1.165, 1.54) is 18.6 Å². The van der Waals surface area contributed by atoms with E-state index in [4.69, 9.17) is 11.5 Å². The number of aromatic nitrogens is 4. The largest absolute Gasteiger partial charge is 0.419 e. The van der Waals surface area contributed by atoms with Crippen LogP contribution >= 0.6 is 0 Å². The molecular formula is C24H28F5N7. The third kappa shape index (κ3) is 4.99.